The van der Waals surface area contributed by atoms with Gasteiger partial charge >= 0.3 is 18.1 Å². The highest BCUT2D eigenvalue weighted by molar-refractivity contribution is 6.27. The number of hydrogen-bond acceptors (Lipinski definition) is 5. The van der Waals surface area contributed by atoms with Gasteiger partial charge in [0.1, 0.15) is 5.76 Å². The Morgan fingerprint density at radius 1 is 1.04 bits per heavy atom. The topological polar surface area (TPSA) is 129 Å². The Morgan fingerprint density at radius 2 is 1.71 bits per heavy atom. The van der Waals surface area contributed by atoms with E-state index in [9.17, 15) is 18.0 Å². The molecule has 0 aliphatic carbocycles. The zero-order valence-corrected chi connectivity index (χ0v) is 14.3. The molecule has 0 aliphatic rings. The molecule has 0 unspecified atom stereocenters. The number of aliphatic carboxylic acids is 2. The van der Waals surface area contributed by atoms with Crippen molar-refractivity contribution in [2.75, 3.05) is 11.9 Å². The number of amides is 1. The van der Waals surface area contributed by atoms with Crippen LogP contribution in [0.25, 0.3) is 0 Å². The molecule has 1 amide bonds. The first-order valence-electron chi connectivity index (χ1n) is 7.76. The molecule has 28 heavy (non-hydrogen) atoms. The fraction of sp³-hybridized carbons (Fsp3) is 0.235. The van der Waals surface area contributed by atoms with Crippen LogP contribution >= 0.6 is 0 Å². The third-order valence-electron chi connectivity index (χ3n) is 3.06. The van der Waals surface area contributed by atoms with Gasteiger partial charge < -0.3 is 25.3 Å². The van der Waals surface area contributed by atoms with E-state index >= 15 is 0 Å². The van der Waals surface area contributed by atoms with Crippen molar-refractivity contribution in [1.82, 2.24) is 5.32 Å². The molecule has 152 valence electrons. The Labute approximate surface area is 157 Å². The summed E-state index contributed by atoms with van der Waals surface area (Å²) in [6.07, 6.45) is -2.72. The first kappa shape index (κ1) is 22.7. The molecule has 11 heteroatoms. The summed E-state index contributed by atoms with van der Waals surface area (Å²) < 4.78 is 42.8. The predicted octanol–water partition coefficient (Wildman–Crippen LogP) is 2.57. The zero-order chi connectivity index (χ0) is 21.2. The average molecular weight is 402 g/mol. The molecule has 1 aromatic heterocycles. The monoisotopic (exact) mass is 402 g/mol. The van der Waals surface area contributed by atoms with Crippen molar-refractivity contribution in [3.05, 3.63) is 54.0 Å². The lowest BCUT2D eigenvalue weighted by Crippen LogP contribution is -2.21. The summed E-state index contributed by atoms with van der Waals surface area (Å²) in [5.74, 6) is -3.26. The van der Waals surface area contributed by atoms with Crippen LogP contribution in [0.15, 0.2) is 47.1 Å². The summed E-state index contributed by atoms with van der Waals surface area (Å²) in [5.41, 5.74) is -0.660. The number of carboxylic acid groups (broad SMARTS) is 2. The molecular weight excluding hydrogens is 385 g/mol. The van der Waals surface area contributed by atoms with Crippen molar-refractivity contribution in [3.8, 4) is 0 Å². The van der Waals surface area contributed by atoms with E-state index < -0.39 is 23.7 Å². The van der Waals surface area contributed by atoms with Gasteiger partial charge in [-0.05, 0) is 30.3 Å². The first-order chi connectivity index (χ1) is 13.1. The second-order valence-electron chi connectivity index (χ2n) is 5.24. The average Bonchev–Trinajstić information content (AvgIpc) is 3.12. The van der Waals surface area contributed by atoms with Gasteiger partial charge in [0, 0.05) is 18.7 Å². The Morgan fingerprint density at radius 3 is 2.25 bits per heavy atom. The fourth-order valence-corrected chi connectivity index (χ4v) is 1.82. The van der Waals surface area contributed by atoms with E-state index in [-0.39, 0.29) is 18.0 Å². The highest BCUT2D eigenvalue weighted by Gasteiger charge is 2.30. The molecule has 4 N–H and O–H groups in total. The highest BCUT2D eigenvalue weighted by Crippen LogP contribution is 2.30. The number of alkyl halides is 3. The summed E-state index contributed by atoms with van der Waals surface area (Å²) in [7, 11) is 0. The maximum Gasteiger partial charge on any atom is 0.416 e. The van der Waals surface area contributed by atoms with Crippen molar-refractivity contribution in [1.29, 1.82) is 0 Å². The first-order valence-corrected chi connectivity index (χ1v) is 7.76. The van der Waals surface area contributed by atoms with E-state index in [4.69, 9.17) is 24.2 Å². The molecule has 0 atom stereocenters. The second-order valence-corrected chi connectivity index (χ2v) is 5.24. The normalized spacial score (nSPS) is 10.5. The van der Waals surface area contributed by atoms with Gasteiger partial charge in [0.15, 0.2) is 0 Å². The molecular formula is C17H17F3N2O6. The minimum absolute atomic E-state index is 0.130. The van der Waals surface area contributed by atoms with E-state index in [0.29, 0.717) is 13.1 Å². The van der Waals surface area contributed by atoms with Crippen molar-refractivity contribution >= 4 is 23.5 Å². The van der Waals surface area contributed by atoms with Gasteiger partial charge in [-0.3, -0.25) is 4.79 Å². The summed E-state index contributed by atoms with van der Waals surface area (Å²) in [4.78, 5) is 29.9. The van der Waals surface area contributed by atoms with E-state index in [1.54, 1.807) is 18.4 Å². The van der Waals surface area contributed by atoms with Crippen molar-refractivity contribution in [2.45, 2.75) is 19.1 Å². The van der Waals surface area contributed by atoms with Crippen molar-refractivity contribution in [3.63, 3.8) is 0 Å². The van der Waals surface area contributed by atoms with Crippen molar-refractivity contribution in [2.24, 2.45) is 0 Å². The van der Waals surface area contributed by atoms with Gasteiger partial charge in [-0.1, -0.05) is 6.07 Å². The van der Waals surface area contributed by atoms with Crippen LogP contribution in [0.4, 0.5) is 18.9 Å². The molecule has 0 saturated heterocycles. The molecule has 0 aliphatic heterocycles. The Hall–Kier alpha value is -3.34. The van der Waals surface area contributed by atoms with Gasteiger partial charge in [0.2, 0.25) is 5.91 Å². The zero-order valence-electron chi connectivity index (χ0n) is 14.3. The van der Waals surface area contributed by atoms with E-state index in [1.165, 1.54) is 12.1 Å². The number of furan rings is 1. The quantitative estimate of drug-likeness (QED) is 0.432. The van der Waals surface area contributed by atoms with Crippen LogP contribution in [0.3, 0.4) is 0 Å². The standard InChI is InChI=1S/C15H15F3N2O2.C2H2O4/c16-15(17,18)11-3-1-4-12(9-11)20-14(21)6-7-19-10-13-5-2-8-22-13;3-1(4)2(5)6/h1-5,8-9,19H,6-7,10H2,(H,20,21);(H,3,4)(H,5,6). The molecule has 2 aromatic rings. The minimum atomic E-state index is -4.43. The third kappa shape index (κ3) is 8.85. The molecule has 2 rings (SSSR count). The number of carbonyl (C=O) groups excluding carboxylic acids is 1. The van der Waals surface area contributed by atoms with E-state index in [2.05, 4.69) is 10.6 Å². The van der Waals surface area contributed by atoms with E-state index in [0.717, 1.165) is 17.9 Å². The molecule has 0 fully saturated rings. The second kappa shape index (κ2) is 10.7. The molecule has 8 nitrogen and oxygen atoms in total. The largest absolute Gasteiger partial charge is 0.473 e. The lowest BCUT2D eigenvalue weighted by atomic mass is 10.2. The number of benzene rings is 1. The number of nitrogens with one attached hydrogen (secondary N) is 2. The van der Waals surface area contributed by atoms with Gasteiger partial charge in [-0.15, -0.1) is 0 Å². The minimum Gasteiger partial charge on any atom is -0.473 e. The number of rotatable bonds is 6. The molecule has 0 bridgehead atoms. The molecule has 0 spiro atoms. The van der Waals surface area contributed by atoms with Crippen LogP contribution in [-0.4, -0.2) is 34.6 Å². The van der Waals surface area contributed by atoms with Crippen LogP contribution in [0.5, 0.6) is 0 Å². The Kier molecular flexibility index (Phi) is 8.69. The van der Waals surface area contributed by atoms with Crippen LogP contribution in [-0.2, 0) is 27.1 Å². The fourth-order valence-electron chi connectivity index (χ4n) is 1.82. The van der Waals surface area contributed by atoms with E-state index in [1.807, 2.05) is 0 Å². The molecule has 0 saturated carbocycles. The van der Waals surface area contributed by atoms with Crippen LogP contribution in [0.2, 0.25) is 0 Å². The number of carboxylic acids is 2. The van der Waals surface area contributed by atoms with Crippen LogP contribution in [0.1, 0.15) is 17.7 Å². The summed E-state index contributed by atoms with van der Waals surface area (Å²) in [6.45, 7) is 0.884. The van der Waals surface area contributed by atoms with Crippen LogP contribution in [0, 0.1) is 0 Å². The van der Waals surface area contributed by atoms with Gasteiger partial charge in [-0.25, -0.2) is 9.59 Å². The molecule has 1 aromatic carbocycles. The Bertz CT molecular complexity index is 778. The van der Waals surface area contributed by atoms with Crippen LogP contribution < -0.4 is 10.6 Å². The number of carbonyl (C=O) groups is 3. The lowest BCUT2D eigenvalue weighted by Gasteiger charge is -2.10. The van der Waals surface area contributed by atoms with Gasteiger partial charge in [-0.2, -0.15) is 13.2 Å². The number of halogens is 3. The Balaban J connectivity index is 0.000000568. The summed E-state index contributed by atoms with van der Waals surface area (Å²) >= 11 is 0. The van der Waals surface area contributed by atoms with Gasteiger partial charge in [0.25, 0.3) is 0 Å². The highest BCUT2D eigenvalue weighted by atomic mass is 19.4. The molecule has 1 heterocycles. The number of anilines is 1. The predicted molar refractivity (Wildman–Crippen MR) is 90.4 cm³/mol. The summed E-state index contributed by atoms with van der Waals surface area (Å²) in [6, 6.07) is 8.11. The van der Waals surface area contributed by atoms with Crippen molar-refractivity contribution < 1.29 is 42.2 Å². The van der Waals surface area contributed by atoms with Gasteiger partial charge in [0.05, 0.1) is 18.4 Å². The molecule has 0 radical (unpaired) electrons. The summed E-state index contributed by atoms with van der Waals surface area (Å²) in [5, 5.41) is 20.2. The SMILES string of the molecule is O=C(CCNCc1ccco1)Nc1cccc(C(F)(F)F)c1.O=C(O)C(=O)O. The smallest absolute Gasteiger partial charge is 0.416 e. The maximum atomic E-state index is 12.6. The number of hydrogen-bond donors (Lipinski definition) is 4. The third-order valence-corrected chi connectivity index (χ3v) is 3.06. The maximum absolute atomic E-state index is 12.6. The lowest BCUT2D eigenvalue weighted by molar-refractivity contribution is -0.159.